The summed E-state index contributed by atoms with van der Waals surface area (Å²) < 4.78 is 2.47. The number of nitrogens with zero attached hydrogens (tertiary/aromatic N) is 2. The Bertz CT molecular complexity index is 565. The summed E-state index contributed by atoms with van der Waals surface area (Å²) >= 11 is 0. The number of piperidine rings is 1. The maximum Gasteiger partial charge on any atom is 0.114 e. The first-order chi connectivity index (χ1) is 9.75. The molecule has 0 bridgehead atoms. The number of aromatic nitrogens is 2. The Morgan fingerprint density at radius 1 is 1.35 bits per heavy atom. The van der Waals surface area contributed by atoms with Gasteiger partial charge in [0, 0.05) is 19.0 Å². The van der Waals surface area contributed by atoms with E-state index in [1.165, 1.54) is 30.6 Å². The largest absolute Gasteiger partial charge is 0.328 e. The third-order valence-electron chi connectivity index (χ3n) is 4.28. The van der Waals surface area contributed by atoms with E-state index in [0.717, 1.165) is 31.1 Å². The van der Waals surface area contributed by atoms with Gasteiger partial charge in [-0.25, -0.2) is 4.98 Å². The summed E-state index contributed by atoms with van der Waals surface area (Å²) in [7, 11) is 0. The Morgan fingerprint density at radius 2 is 2.20 bits per heavy atom. The van der Waals surface area contributed by atoms with Crippen molar-refractivity contribution in [3.63, 3.8) is 0 Å². The van der Waals surface area contributed by atoms with Gasteiger partial charge in [0.2, 0.25) is 0 Å². The minimum atomic E-state index is 0.573. The third kappa shape index (κ3) is 2.73. The van der Waals surface area contributed by atoms with E-state index in [1.54, 1.807) is 0 Å². The molecule has 108 valence electrons. The molecule has 0 radical (unpaired) electrons. The van der Waals surface area contributed by atoms with Gasteiger partial charge in [0.15, 0.2) is 0 Å². The monoisotopic (exact) mass is 271 g/mol. The van der Waals surface area contributed by atoms with E-state index in [-0.39, 0.29) is 0 Å². The van der Waals surface area contributed by atoms with Gasteiger partial charge in [-0.1, -0.05) is 26.0 Å². The summed E-state index contributed by atoms with van der Waals surface area (Å²) in [4.78, 5) is 4.94. The topological polar surface area (TPSA) is 29.9 Å². The van der Waals surface area contributed by atoms with Crippen LogP contribution in [0.3, 0.4) is 0 Å². The second-order valence-corrected chi connectivity index (χ2v) is 6.34. The summed E-state index contributed by atoms with van der Waals surface area (Å²) in [6.07, 6.45) is 3.74. The van der Waals surface area contributed by atoms with Crippen molar-refractivity contribution in [2.45, 2.75) is 45.6 Å². The molecule has 2 aromatic rings. The van der Waals surface area contributed by atoms with Crippen LogP contribution < -0.4 is 5.32 Å². The number of fused-ring (bicyclic) bond motifs is 1. The maximum absolute atomic E-state index is 4.94. The molecule has 1 aromatic carbocycles. The zero-order valence-electron chi connectivity index (χ0n) is 12.6. The highest BCUT2D eigenvalue weighted by molar-refractivity contribution is 5.76. The van der Waals surface area contributed by atoms with E-state index in [1.807, 2.05) is 0 Å². The first-order valence-electron chi connectivity index (χ1n) is 7.91. The van der Waals surface area contributed by atoms with E-state index >= 15 is 0 Å². The molecule has 1 fully saturated rings. The molecule has 0 amide bonds. The molecule has 3 heteroatoms. The van der Waals surface area contributed by atoms with Crippen LogP contribution in [0, 0.1) is 5.92 Å². The first-order valence-corrected chi connectivity index (χ1v) is 7.91. The molecule has 0 aliphatic carbocycles. The van der Waals surface area contributed by atoms with Crippen LogP contribution in [0.15, 0.2) is 24.3 Å². The number of imidazole rings is 1. The van der Waals surface area contributed by atoms with Crippen molar-refractivity contribution in [1.82, 2.24) is 14.9 Å². The molecule has 0 spiro atoms. The zero-order chi connectivity index (χ0) is 13.9. The van der Waals surface area contributed by atoms with Crippen LogP contribution in [0.25, 0.3) is 11.0 Å². The van der Waals surface area contributed by atoms with E-state index < -0.39 is 0 Å². The number of aryl methyl sites for hydroxylation is 1. The van der Waals surface area contributed by atoms with Gasteiger partial charge < -0.3 is 9.88 Å². The molecule has 20 heavy (non-hydrogen) atoms. The Morgan fingerprint density at radius 3 is 2.95 bits per heavy atom. The molecular weight excluding hydrogens is 246 g/mol. The van der Waals surface area contributed by atoms with Crippen LogP contribution in [0.4, 0.5) is 0 Å². The summed E-state index contributed by atoms with van der Waals surface area (Å²) in [6, 6.07) is 8.56. The molecule has 2 heterocycles. The molecule has 1 aliphatic rings. The van der Waals surface area contributed by atoms with Gasteiger partial charge in [0.1, 0.15) is 5.82 Å². The van der Waals surface area contributed by atoms with Crippen LogP contribution in [0.2, 0.25) is 0 Å². The fourth-order valence-corrected chi connectivity index (χ4v) is 3.10. The molecule has 0 saturated carbocycles. The molecule has 1 aromatic heterocycles. The predicted molar refractivity (Wildman–Crippen MR) is 84.0 cm³/mol. The average molecular weight is 271 g/mol. The Balaban J connectivity index is 1.97. The van der Waals surface area contributed by atoms with Gasteiger partial charge in [0.25, 0.3) is 0 Å². The summed E-state index contributed by atoms with van der Waals surface area (Å²) in [5.74, 6) is 2.59. The molecule has 3 nitrogen and oxygen atoms in total. The van der Waals surface area contributed by atoms with Crippen molar-refractivity contribution >= 4 is 11.0 Å². The fraction of sp³-hybridized carbons (Fsp3) is 0.588. The van der Waals surface area contributed by atoms with Crippen molar-refractivity contribution in [2.24, 2.45) is 5.92 Å². The number of hydrogen-bond acceptors (Lipinski definition) is 2. The number of rotatable bonds is 4. The quantitative estimate of drug-likeness (QED) is 0.921. The average Bonchev–Trinajstić information content (AvgIpc) is 2.84. The van der Waals surface area contributed by atoms with Gasteiger partial charge in [0.05, 0.1) is 11.0 Å². The standard InChI is InChI=1S/C17H25N3/c1-13(2)9-11-20-16-8-4-3-7-15(16)19-17(20)14-6-5-10-18-12-14/h3-4,7-8,13-14,18H,5-6,9-12H2,1-2H3. The number of para-hydroxylation sites is 2. The van der Waals surface area contributed by atoms with Crippen molar-refractivity contribution < 1.29 is 0 Å². The highest BCUT2D eigenvalue weighted by Crippen LogP contribution is 2.27. The van der Waals surface area contributed by atoms with Gasteiger partial charge in [-0.3, -0.25) is 0 Å². The van der Waals surface area contributed by atoms with Crippen LogP contribution in [-0.4, -0.2) is 22.6 Å². The lowest BCUT2D eigenvalue weighted by Crippen LogP contribution is -2.30. The summed E-state index contributed by atoms with van der Waals surface area (Å²) in [6.45, 7) is 7.90. The lowest BCUT2D eigenvalue weighted by atomic mass is 9.98. The van der Waals surface area contributed by atoms with Gasteiger partial charge in [-0.2, -0.15) is 0 Å². The lowest BCUT2D eigenvalue weighted by molar-refractivity contribution is 0.424. The van der Waals surface area contributed by atoms with Crippen LogP contribution in [-0.2, 0) is 6.54 Å². The summed E-state index contributed by atoms with van der Waals surface area (Å²) in [5, 5.41) is 3.52. The smallest absolute Gasteiger partial charge is 0.114 e. The molecule has 3 rings (SSSR count). The van der Waals surface area contributed by atoms with Crippen LogP contribution in [0.5, 0.6) is 0 Å². The fourth-order valence-electron chi connectivity index (χ4n) is 3.10. The van der Waals surface area contributed by atoms with Crippen molar-refractivity contribution in [1.29, 1.82) is 0 Å². The Labute approximate surface area is 121 Å². The molecular formula is C17H25N3. The Kier molecular flexibility index (Phi) is 4.06. The molecule has 1 atom stereocenters. The van der Waals surface area contributed by atoms with Crippen LogP contribution >= 0.6 is 0 Å². The lowest BCUT2D eigenvalue weighted by Gasteiger charge is -2.23. The highest BCUT2D eigenvalue weighted by Gasteiger charge is 2.22. The third-order valence-corrected chi connectivity index (χ3v) is 4.28. The number of benzene rings is 1. The minimum Gasteiger partial charge on any atom is -0.328 e. The minimum absolute atomic E-state index is 0.573. The van der Waals surface area contributed by atoms with Gasteiger partial charge >= 0.3 is 0 Å². The van der Waals surface area contributed by atoms with Crippen molar-refractivity contribution in [2.75, 3.05) is 13.1 Å². The van der Waals surface area contributed by atoms with E-state index in [4.69, 9.17) is 4.98 Å². The van der Waals surface area contributed by atoms with E-state index in [0.29, 0.717) is 5.92 Å². The number of hydrogen-bond donors (Lipinski definition) is 1. The molecule has 1 saturated heterocycles. The molecule has 1 unspecified atom stereocenters. The highest BCUT2D eigenvalue weighted by atomic mass is 15.1. The predicted octanol–water partition coefficient (Wildman–Crippen LogP) is 3.55. The van der Waals surface area contributed by atoms with Crippen LogP contribution in [0.1, 0.15) is 44.9 Å². The second-order valence-electron chi connectivity index (χ2n) is 6.34. The number of nitrogens with one attached hydrogen (secondary N) is 1. The molecule has 1 N–H and O–H groups in total. The molecule has 1 aliphatic heterocycles. The van der Waals surface area contributed by atoms with Gasteiger partial charge in [-0.15, -0.1) is 0 Å². The SMILES string of the molecule is CC(C)CCn1c(C2CCCNC2)nc2ccccc21. The zero-order valence-corrected chi connectivity index (χ0v) is 12.6. The Hall–Kier alpha value is -1.35. The van der Waals surface area contributed by atoms with E-state index in [2.05, 4.69) is 48.0 Å². The second kappa shape index (κ2) is 5.96. The van der Waals surface area contributed by atoms with Gasteiger partial charge in [-0.05, 0) is 43.9 Å². The van der Waals surface area contributed by atoms with Crippen molar-refractivity contribution in [3.05, 3.63) is 30.1 Å². The summed E-state index contributed by atoms with van der Waals surface area (Å²) in [5.41, 5.74) is 2.45. The van der Waals surface area contributed by atoms with Crippen molar-refractivity contribution in [3.8, 4) is 0 Å². The maximum atomic E-state index is 4.94. The first kappa shape index (κ1) is 13.6. The van der Waals surface area contributed by atoms with E-state index in [9.17, 15) is 0 Å². The normalized spacial score (nSPS) is 19.9.